The van der Waals surface area contributed by atoms with Crippen LogP contribution in [-0.4, -0.2) is 19.7 Å². The fraction of sp³-hybridized carbons (Fsp3) is 0.312. The van der Waals surface area contributed by atoms with Crippen molar-refractivity contribution < 1.29 is 8.42 Å². The van der Waals surface area contributed by atoms with Crippen LogP contribution in [-0.2, 0) is 15.3 Å². The average Bonchev–Trinajstić information content (AvgIpc) is 2.37. The van der Waals surface area contributed by atoms with Crippen LogP contribution in [0, 0.1) is 0 Å². The molecule has 0 aliphatic heterocycles. The van der Waals surface area contributed by atoms with Crippen molar-refractivity contribution in [2.24, 2.45) is 0 Å². The van der Waals surface area contributed by atoms with Gasteiger partial charge in [0.25, 0.3) is 0 Å². The van der Waals surface area contributed by atoms with Crippen molar-refractivity contribution in [1.82, 2.24) is 4.98 Å². The van der Waals surface area contributed by atoms with Crippen LogP contribution in [0.15, 0.2) is 41.3 Å². The predicted octanol–water partition coefficient (Wildman–Crippen LogP) is 4.10. The minimum absolute atomic E-state index is 0.234. The Hall–Kier alpha value is -1.39. The van der Waals surface area contributed by atoms with E-state index in [1.165, 1.54) is 6.26 Å². The van der Waals surface area contributed by atoms with Gasteiger partial charge in [-0.3, -0.25) is 4.98 Å². The van der Waals surface area contributed by atoms with E-state index in [0.717, 1.165) is 11.3 Å². The molecule has 0 bridgehead atoms. The minimum atomic E-state index is -3.29. The van der Waals surface area contributed by atoms with Crippen molar-refractivity contribution in [2.75, 3.05) is 6.26 Å². The van der Waals surface area contributed by atoms with Crippen molar-refractivity contribution in [3.05, 3.63) is 47.1 Å². The van der Waals surface area contributed by atoms with Gasteiger partial charge in [-0.2, -0.15) is 0 Å². The zero-order chi connectivity index (χ0) is 15.8. The first-order chi connectivity index (χ1) is 9.57. The number of benzene rings is 1. The molecule has 21 heavy (non-hydrogen) atoms. The highest BCUT2D eigenvalue weighted by atomic mass is 35.5. The van der Waals surface area contributed by atoms with E-state index in [0.29, 0.717) is 10.7 Å². The molecule has 0 unspecified atom stereocenters. The number of hydrogen-bond acceptors (Lipinski definition) is 3. The summed E-state index contributed by atoms with van der Waals surface area (Å²) in [7, 11) is -3.29. The molecule has 0 aliphatic rings. The van der Waals surface area contributed by atoms with Crippen LogP contribution in [0.3, 0.4) is 0 Å². The minimum Gasteiger partial charge on any atom is -0.252 e. The number of halogens is 1. The molecule has 0 saturated heterocycles. The molecular formula is C16H18ClNO2S. The van der Waals surface area contributed by atoms with Crippen LogP contribution in [0.2, 0.25) is 5.02 Å². The van der Waals surface area contributed by atoms with Crippen LogP contribution in [0.1, 0.15) is 26.5 Å². The van der Waals surface area contributed by atoms with E-state index >= 15 is 0 Å². The lowest BCUT2D eigenvalue weighted by atomic mass is 9.91. The van der Waals surface area contributed by atoms with E-state index in [-0.39, 0.29) is 10.3 Å². The van der Waals surface area contributed by atoms with Crippen molar-refractivity contribution in [3.8, 4) is 11.3 Å². The third-order valence-corrected chi connectivity index (χ3v) is 4.48. The maximum absolute atomic E-state index is 11.9. The van der Waals surface area contributed by atoms with Gasteiger partial charge < -0.3 is 0 Å². The van der Waals surface area contributed by atoms with Crippen molar-refractivity contribution in [1.29, 1.82) is 0 Å². The molecular weight excluding hydrogens is 306 g/mol. The molecule has 2 rings (SSSR count). The highest BCUT2D eigenvalue weighted by Gasteiger charge is 2.20. The standard InChI is InChI=1S/C16H18ClNO2S/c1-16(2,3)15-10-13(21(4,19)20)9-14(18-15)11-5-7-12(17)8-6-11/h5-10H,1-4H3. The molecule has 1 heterocycles. The van der Waals surface area contributed by atoms with Crippen LogP contribution in [0.4, 0.5) is 0 Å². The largest absolute Gasteiger partial charge is 0.252 e. The topological polar surface area (TPSA) is 47.0 Å². The molecule has 0 atom stereocenters. The van der Waals surface area contributed by atoms with E-state index in [9.17, 15) is 8.42 Å². The zero-order valence-corrected chi connectivity index (χ0v) is 14.1. The summed E-state index contributed by atoms with van der Waals surface area (Å²) in [5.41, 5.74) is 1.99. The van der Waals surface area contributed by atoms with Crippen molar-refractivity contribution in [3.63, 3.8) is 0 Å². The van der Waals surface area contributed by atoms with Gasteiger partial charge in [-0.05, 0) is 24.3 Å². The molecule has 0 aliphatic carbocycles. The summed E-state index contributed by atoms with van der Waals surface area (Å²) in [6, 6.07) is 10.5. The van der Waals surface area contributed by atoms with Gasteiger partial charge in [0.2, 0.25) is 0 Å². The van der Waals surface area contributed by atoms with E-state index in [4.69, 9.17) is 11.6 Å². The van der Waals surface area contributed by atoms with Crippen molar-refractivity contribution >= 4 is 21.4 Å². The SMILES string of the molecule is CC(C)(C)c1cc(S(C)(=O)=O)cc(-c2ccc(Cl)cc2)n1. The van der Waals surface area contributed by atoms with Gasteiger partial charge in [0.1, 0.15) is 0 Å². The number of sulfone groups is 1. The summed E-state index contributed by atoms with van der Waals surface area (Å²) >= 11 is 5.89. The third kappa shape index (κ3) is 3.83. The van der Waals surface area contributed by atoms with Gasteiger partial charge in [-0.25, -0.2) is 8.42 Å². The Morgan fingerprint density at radius 1 is 1.05 bits per heavy atom. The van der Waals surface area contributed by atoms with E-state index < -0.39 is 9.84 Å². The maximum atomic E-state index is 11.9. The Morgan fingerprint density at radius 3 is 2.10 bits per heavy atom. The van der Waals surface area contributed by atoms with Crippen LogP contribution >= 0.6 is 11.6 Å². The van der Waals surface area contributed by atoms with Crippen molar-refractivity contribution in [2.45, 2.75) is 31.1 Å². The van der Waals surface area contributed by atoms with Gasteiger partial charge in [0.05, 0.1) is 10.6 Å². The van der Waals surface area contributed by atoms with Gasteiger partial charge in [-0.1, -0.05) is 44.5 Å². The summed E-state index contributed by atoms with van der Waals surface area (Å²) in [6.45, 7) is 6.02. The summed E-state index contributed by atoms with van der Waals surface area (Å²) in [5.74, 6) is 0. The maximum Gasteiger partial charge on any atom is 0.175 e. The number of aromatic nitrogens is 1. The smallest absolute Gasteiger partial charge is 0.175 e. The molecule has 0 N–H and O–H groups in total. The first-order valence-corrected chi connectivity index (χ1v) is 8.83. The number of hydrogen-bond donors (Lipinski definition) is 0. The summed E-state index contributed by atoms with van der Waals surface area (Å²) in [5, 5.41) is 0.633. The van der Waals surface area contributed by atoms with Gasteiger partial charge in [-0.15, -0.1) is 0 Å². The zero-order valence-electron chi connectivity index (χ0n) is 12.5. The van der Waals surface area contributed by atoms with Gasteiger partial charge in [0, 0.05) is 28.0 Å². The first kappa shape index (κ1) is 16.0. The molecule has 2 aromatic rings. The van der Waals surface area contributed by atoms with Crippen LogP contribution in [0.25, 0.3) is 11.3 Å². The normalized spacial score (nSPS) is 12.4. The predicted molar refractivity (Wildman–Crippen MR) is 86.5 cm³/mol. The molecule has 0 radical (unpaired) electrons. The lowest BCUT2D eigenvalue weighted by Gasteiger charge is -2.19. The van der Waals surface area contributed by atoms with E-state index in [1.807, 2.05) is 32.9 Å². The van der Waals surface area contributed by atoms with E-state index in [1.54, 1.807) is 24.3 Å². The Kier molecular flexibility index (Phi) is 4.13. The Bertz CT molecular complexity index is 760. The number of nitrogens with zero attached hydrogens (tertiary/aromatic N) is 1. The van der Waals surface area contributed by atoms with Crippen LogP contribution in [0.5, 0.6) is 0 Å². The molecule has 1 aromatic carbocycles. The molecule has 5 heteroatoms. The molecule has 112 valence electrons. The fourth-order valence-corrected chi connectivity index (χ4v) is 2.65. The molecule has 0 amide bonds. The summed E-state index contributed by atoms with van der Waals surface area (Å²) in [4.78, 5) is 4.90. The highest BCUT2D eigenvalue weighted by molar-refractivity contribution is 7.90. The molecule has 0 spiro atoms. The molecule has 0 fully saturated rings. The lowest BCUT2D eigenvalue weighted by molar-refractivity contribution is 0.565. The van der Waals surface area contributed by atoms with Crippen LogP contribution < -0.4 is 0 Å². The third-order valence-electron chi connectivity index (χ3n) is 3.14. The van der Waals surface area contributed by atoms with E-state index in [2.05, 4.69) is 4.98 Å². The first-order valence-electron chi connectivity index (χ1n) is 6.56. The second kappa shape index (κ2) is 5.43. The molecule has 1 aromatic heterocycles. The van der Waals surface area contributed by atoms with Gasteiger partial charge in [0.15, 0.2) is 9.84 Å². The average molecular weight is 324 g/mol. The monoisotopic (exact) mass is 323 g/mol. The summed E-state index contributed by atoms with van der Waals surface area (Å²) < 4.78 is 23.8. The summed E-state index contributed by atoms with van der Waals surface area (Å²) in [6.07, 6.45) is 1.21. The fourth-order valence-electron chi connectivity index (χ4n) is 1.87. The number of pyridine rings is 1. The Labute approximate surface area is 130 Å². The second-order valence-corrected chi connectivity index (χ2v) is 8.55. The van der Waals surface area contributed by atoms with Gasteiger partial charge >= 0.3 is 0 Å². The Balaban J connectivity index is 2.69. The lowest BCUT2D eigenvalue weighted by Crippen LogP contribution is -2.15. The highest BCUT2D eigenvalue weighted by Crippen LogP contribution is 2.28. The quantitative estimate of drug-likeness (QED) is 0.835. The number of rotatable bonds is 2. The Morgan fingerprint density at radius 2 is 1.62 bits per heavy atom. The molecule has 0 saturated carbocycles. The molecule has 3 nitrogen and oxygen atoms in total. The second-order valence-electron chi connectivity index (χ2n) is 6.10.